The van der Waals surface area contributed by atoms with Gasteiger partial charge in [-0.05, 0) is 56.9 Å². The minimum Gasteiger partial charge on any atom is -0.444 e. The van der Waals surface area contributed by atoms with E-state index in [1.807, 2.05) is 37.3 Å². The van der Waals surface area contributed by atoms with Crippen LogP contribution in [0.2, 0.25) is 0 Å². The number of rotatable bonds is 7. The van der Waals surface area contributed by atoms with Gasteiger partial charge in [0.1, 0.15) is 11.6 Å². The Morgan fingerprint density at radius 2 is 1.71 bits per heavy atom. The summed E-state index contributed by atoms with van der Waals surface area (Å²) in [5.41, 5.74) is 0.739. The first kappa shape index (κ1) is 25.9. The van der Waals surface area contributed by atoms with Crippen molar-refractivity contribution in [3.63, 3.8) is 0 Å². The summed E-state index contributed by atoms with van der Waals surface area (Å²) in [7, 11) is 0. The van der Waals surface area contributed by atoms with Crippen molar-refractivity contribution >= 4 is 29.5 Å². The molecule has 35 heavy (non-hydrogen) atoms. The van der Waals surface area contributed by atoms with E-state index in [2.05, 4.69) is 16.0 Å². The van der Waals surface area contributed by atoms with E-state index in [-0.39, 0.29) is 24.7 Å². The van der Waals surface area contributed by atoms with Crippen LogP contribution in [-0.2, 0) is 31.0 Å². The highest BCUT2D eigenvalue weighted by molar-refractivity contribution is 6.03. The molecule has 2 unspecified atom stereocenters. The zero-order chi connectivity index (χ0) is 25.6. The summed E-state index contributed by atoms with van der Waals surface area (Å²) in [4.78, 5) is 49.8. The third kappa shape index (κ3) is 6.68. The van der Waals surface area contributed by atoms with Gasteiger partial charge in [0.2, 0.25) is 17.7 Å². The molecule has 1 aliphatic heterocycles. The first-order valence-corrected chi connectivity index (χ1v) is 11.8. The summed E-state index contributed by atoms with van der Waals surface area (Å²) >= 11 is 0. The second-order valence-corrected chi connectivity index (χ2v) is 9.77. The molecule has 0 aromatic heterocycles. The molecule has 1 heterocycles. The van der Waals surface area contributed by atoms with Crippen molar-refractivity contribution in [3.05, 3.63) is 65.7 Å². The summed E-state index contributed by atoms with van der Waals surface area (Å²) < 4.78 is 5.34. The molecule has 4 amide bonds. The fraction of sp³-hybridized carbons (Fsp3) is 0.407. The Morgan fingerprint density at radius 1 is 1.06 bits per heavy atom. The van der Waals surface area contributed by atoms with Gasteiger partial charge in [-0.2, -0.15) is 0 Å². The molecule has 1 fully saturated rings. The number of alkyl carbamates (subject to hydrolysis) is 1. The van der Waals surface area contributed by atoms with Gasteiger partial charge in [-0.25, -0.2) is 4.79 Å². The molecule has 1 saturated heterocycles. The normalized spacial score (nSPS) is 18.9. The third-order valence-electron chi connectivity index (χ3n) is 6.07. The van der Waals surface area contributed by atoms with E-state index in [1.54, 1.807) is 45.0 Å². The number of anilines is 1. The first-order valence-electron chi connectivity index (χ1n) is 11.8. The number of nitrogens with one attached hydrogen (secondary N) is 3. The van der Waals surface area contributed by atoms with E-state index >= 15 is 0 Å². The topological polar surface area (TPSA) is 114 Å². The largest absolute Gasteiger partial charge is 0.444 e. The summed E-state index contributed by atoms with van der Waals surface area (Å²) in [5.74, 6) is -0.943. The zero-order valence-corrected chi connectivity index (χ0v) is 20.6. The molecule has 186 valence electrons. The maximum absolute atomic E-state index is 13.1. The van der Waals surface area contributed by atoms with Crippen LogP contribution in [0.1, 0.15) is 58.1 Å². The minimum absolute atomic E-state index is 0.259. The van der Waals surface area contributed by atoms with E-state index in [1.165, 1.54) is 0 Å². The maximum Gasteiger partial charge on any atom is 0.408 e. The number of amides is 4. The minimum atomic E-state index is -0.857. The van der Waals surface area contributed by atoms with Crippen LogP contribution >= 0.6 is 0 Å². The molecule has 0 aliphatic carbocycles. The molecule has 0 saturated carbocycles. The van der Waals surface area contributed by atoms with E-state index in [4.69, 9.17) is 4.74 Å². The summed E-state index contributed by atoms with van der Waals surface area (Å²) in [6.07, 6.45) is 0.897. The average Bonchev–Trinajstić information content (AvgIpc) is 2.79. The van der Waals surface area contributed by atoms with Crippen molar-refractivity contribution in [2.45, 2.75) is 70.4 Å². The van der Waals surface area contributed by atoms with Gasteiger partial charge >= 0.3 is 6.09 Å². The number of benzene rings is 2. The smallest absolute Gasteiger partial charge is 0.408 e. The molecule has 0 spiro atoms. The lowest BCUT2D eigenvalue weighted by molar-refractivity contribution is -0.138. The molecule has 0 radical (unpaired) electrons. The van der Waals surface area contributed by atoms with Crippen LogP contribution in [0.5, 0.6) is 0 Å². The molecule has 3 rings (SSSR count). The highest BCUT2D eigenvalue weighted by Gasteiger charge is 2.42. The Kier molecular flexibility index (Phi) is 7.94. The summed E-state index contributed by atoms with van der Waals surface area (Å²) in [5, 5.41) is 7.96. The number of ether oxygens (including phenoxy) is 1. The van der Waals surface area contributed by atoms with Crippen molar-refractivity contribution in [1.29, 1.82) is 0 Å². The van der Waals surface area contributed by atoms with E-state index in [0.717, 1.165) is 11.1 Å². The van der Waals surface area contributed by atoms with Crippen LogP contribution in [0.3, 0.4) is 0 Å². The SMILES string of the molecule is CCC1(c2ccc(NC(=O)C(Cc3ccccc3)NC(=O)OC(C)(C)C)cc2)CCC(=O)NC1=O. The second kappa shape index (κ2) is 10.7. The van der Waals surface area contributed by atoms with Crippen molar-refractivity contribution < 1.29 is 23.9 Å². The van der Waals surface area contributed by atoms with E-state index in [0.29, 0.717) is 18.5 Å². The molecular formula is C27H33N3O5. The molecule has 2 aromatic rings. The second-order valence-electron chi connectivity index (χ2n) is 9.77. The van der Waals surface area contributed by atoms with Gasteiger partial charge in [0.05, 0.1) is 5.41 Å². The molecule has 2 aromatic carbocycles. The van der Waals surface area contributed by atoms with Crippen molar-refractivity contribution in [1.82, 2.24) is 10.6 Å². The van der Waals surface area contributed by atoms with Crippen molar-refractivity contribution in [2.24, 2.45) is 0 Å². The molecule has 0 bridgehead atoms. The van der Waals surface area contributed by atoms with Gasteiger partial charge in [0, 0.05) is 18.5 Å². The van der Waals surface area contributed by atoms with Gasteiger partial charge < -0.3 is 15.4 Å². The summed E-state index contributed by atoms with van der Waals surface area (Å²) in [6.45, 7) is 7.19. The lowest BCUT2D eigenvalue weighted by Crippen LogP contribution is -2.51. The van der Waals surface area contributed by atoms with Crippen LogP contribution in [0.25, 0.3) is 0 Å². The molecular weight excluding hydrogens is 446 g/mol. The zero-order valence-electron chi connectivity index (χ0n) is 20.6. The lowest BCUT2D eigenvalue weighted by atomic mass is 9.72. The maximum atomic E-state index is 13.1. The van der Waals surface area contributed by atoms with Crippen LogP contribution in [-0.4, -0.2) is 35.5 Å². The Morgan fingerprint density at radius 3 is 2.29 bits per heavy atom. The van der Waals surface area contributed by atoms with Crippen LogP contribution in [0.4, 0.5) is 10.5 Å². The molecule has 8 heteroatoms. The van der Waals surface area contributed by atoms with Gasteiger partial charge in [0.25, 0.3) is 0 Å². The molecule has 8 nitrogen and oxygen atoms in total. The first-order chi connectivity index (χ1) is 16.5. The number of hydrogen-bond donors (Lipinski definition) is 3. The number of carbonyl (C=O) groups excluding carboxylic acids is 4. The van der Waals surface area contributed by atoms with Gasteiger partial charge in [-0.3, -0.25) is 19.7 Å². The van der Waals surface area contributed by atoms with Crippen molar-refractivity contribution in [2.75, 3.05) is 5.32 Å². The van der Waals surface area contributed by atoms with Crippen LogP contribution < -0.4 is 16.0 Å². The number of carbonyl (C=O) groups is 4. The third-order valence-corrected chi connectivity index (χ3v) is 6.07. The van der Waals surface area contributed by atoms with E-state index < -0.39 is 29.1 Å². The quantitative estimate of drug-likeness (QED) is 0.522. The number of piperidine rings is 1. The Bertz CT molecular complexity index is 1080. The van der Waals surface area contributed by atoms with Crippen molar-refractivity contribution in [3.8, 4) is 0 Å². The lowest BCUT2D eigenvalue weighted by Gasteiger charge is -2.35. The Labute approximate surface area is 205 Å². The van der Waals surface area contributed by atoms with E-state index in [9.17, 15) is 19.2 Å². The molecule has 1 aliphatic rings. The van der Waals surface area contributed by atoms with Gasteiger partial charge in [-0.15, -0.1) is 0 Å². The highest BCUT2D eigenvalue weighted by atomic mass is 16.6. The predicted molar refractivity (Wildman–Crippen MR) is 133 cm³/mol. The average molecular weight is 480 g/mol. The Balaban J connectivity index is 1.75. The fourth-order valence-electron chi connectivity index (χ4n) is 4.18. The van der Waals surface area contributed by atoms with Gasteiger partial charge in [-0.1, -0.05) is 49.4 Å². The van der Waals surface area contributed by atoms with Gasteiger partial charge in [0.15, 0.2) is 0 Å². The van der Waals surface area contributed by atoms with Crippen LogP contribution in [0.15, 0.2) is 54.6 Å². The Hall–Kier alpha value is -3.68. The number of imide groups is 1. The monoisotopic (exact) mass is 479 g/mol. The number of hydrogen-bond acceptors (Lipinski definition) is 5. The standard InChI is InChI=1S/C27H33N3O5/c1-5-27(16-15-22(31)30-24(27)33)19-11-13-20(14-12-19)28-23(32)21(17-18-9-7-6-8-10-18)29-25(34)35-26(2,3)4/h6-14,21H,5,15-17H2,1-4H3,(H,28,32)(H,29,34)(H,30,31,33). The predicted octanol–water partition coefficient (Wildman–Crippen LogP) is 3.85. The highest BCUT2D eigenvalue weighted by Crippen LogP contribution is 2.36. The molecule has 2 atom stereocenters. The fourth-order valence-corrected chi connectivity index (χ4v) is 4.18. The molecule has 3 N–H and O–H groups in total. The van der Waals surface area contributed by atoms with Crippen LogP contribution in [0, 0.1) is 0 Å². The summed E-state index contributed by atoms with van der Waals surface area (Å²) in [6, 6.07) is 15.6.